The van der Waals surface area contributed by atoms with Crippen LogP contribution in [0.5, 0.6) is 0 Å². The Morgan fingerprint density at radius 2 is 2.00 bits per heavy atom. The summed E-state index contributed by atoms with van der Waals surface area (Å²) in [5.41, 5.74) is 2.66. The molecule has 0 unspecified atom stereocenters. The van der Waals surface area contributed by atoms with Gasteiger partial charge in [-0.1, -0.05) is 12.1 Å². The molecule has 1 aromatic rings. The Balaban J connectivity index is 1.81. The Morgan fingerprint density at radius 3 is 2.67 bits per heavy atom. The highest BCUT2D eigenvalue weighted by Crippen LogP contribution is 2.17. The lowest BCUT2D eigenvalue weighted by Crippen LogP contribution is -2.46. The predicted octanol–water partition coefficient (Wildman–Crippen LogP) is 2.42. The molecule has 0 N–H and O–H groups in total. The highest BCUT2D eigenvalue weighted by molar-refractivity contribution is 5.48. The minimum atomic E-state index is 0.679. The van der Waals surface area contributed by atoms with Gasteiger partial charge in [-0.2, -0.15) is 5.26 Å². The average Bonchev–Trinajstić information content (AvgIpc) is 2.40. The van der Waals surface area contributed by atoms with E-state index < -0.39 is 0 Å². The Kier molecular flexibility index (Phi) is 4.60. The van der Waals surface area contributed by atoms with Crippen molar-refractivity contribution in [3.63, 3.8) is 0 Å². The lowest BCUT2D eigenvalue weighted by Gasteiger charge is -2.36. The van der Waals surface area contributed by atoms with Crippen LogP contribution in [0.1, 0.15) is 18.4 Å². The number of nitrogens with zero attached hydrogens (tertiary/aromatic N) is 3. The molecule has 0 bridgehead atoms. The maximum Gasteiger partial charge on any atom is 0.0622 e. The van der Waals surface area contributed by atoms with Crippen LogP contribution in [0, 0.1) is 18.3 Å². The second-order valence-electron chi connectivity index (χ2n) is 4.93. The van der Waals surface area contributed by atoms with E-state index in [9.17, 15) is 0 Å². The van der Waals surface area contributed by atoms with Gasteiger partial charge in [-0.3, -0.25) is 4.90 Å². The molecule has 1 aromatic carbocycles. The molecule has 1 heterocycles. The topological polar surface area (TPSA) is 30.3 Å². The third-order valence-electron chi connectivity index (χ3n) is 3.50. The van der Waals surface area contributed by atoms with Gasteiger partial charge in [-0.15, -0.1) is 0 Å². The third-order valence-corrected chi connectivity index (χ3v) is 3.50. The van der Waals surface area contributed by atoms with Crippen molar-refractivity contribution in [3.8, 4) is 6.07 Å². The van der Waals surface area contributed by atoms with Crippen molar-refractivity contribution in [2.45, 2.75) is 19.8 Å². The molecule has 0 atom stereocenters. The molecule has 2 rings (SSSR count). The van der Waals surface area contributed by atoms with Gasteiger partial charge >= 0.3 is 0 Å². The van der Waals surface area contributed by atoms with Crippen molar-refractivity contribution in [1.29, 1.82) is 5.26 Å². The molecular formula is C15H21N3. The number of rotatable bonds is 4. The smallest absolute Gasteiger partial charge is 0.0622 e. The first-order valence-electron chi connectivity index (χ1n) is 6.70. The summed E-state index contributed by atoms with van der Waals surface area (Å²) in [6.45, 7) is 7.61. The molecule has 0 aromatic heterocycles. The van der Waals surface area contributed by atoms with Crippen molar-refractivity contribution in [2.24, 2.45) is 0 Å². The molecule has 0 saturated carbocycles. The van der Waals surface area contributed by atoms with Gasteiger partial charge < -0.3 is 4.90 Å². The summed E-state index contributed by atoms with van der Waals surface area (Å²) in [7, 11) is 0. The van der Waals surface area contributed by atoms with Crippen LogP contribution in [0.2, 0.25) is 0 Å². The van der Waals surface area contributed by atoms with Crippen molar-refractivity contribution in [1.82, 2.24) is 4.90 Å². The largest absolute Gasteiger partial charge is 0.369 e. The summed E-state index contributed by atoms with van der Waals surface area (Å²) in [6, 6.07) is 10.9. The highest BCUT2D eigenvalue weighted by atomic mass is 15.3. The van der Waals surface area contributed by atoms with Crippen LogP contribution < -0.4 is 4.90 Å². The lowest BCUT2D eigenvalue weighted by atomic mass is 10.2. The van der Waals surface area contributed by atoms with Crippen molar-refractivity contribution >= 4 is 5.69 Å². The van der Waals surface area contributed by atoms with E-state index in [0.717, 1.165) is 39.1 Å². The minimum Gasteiger partial charge on any atom is -0.369 e. The maximum atomic E-state index is 8.54. The van der Waals surface area contributed by atoms with E-state index in [4.69, 9.17) is 5.26 Å². The predicted molar refractivity (Wildman–Crippen MR) is 74.7 cm³/mol. The molecule has 1 saturated heterocycles. The second-order valence-corrected chi connectivity index (χ2v) is 4.93. The van der Waals surface area contributed by atoms with Crippen LogP contribution in [0.4, 0.5) is 5.69 Å². The summed E-state index contributed by atoms with van der Waals surface area (Å²) in [5.74, 6) is 0. The first kappa shape index (κ1) is 12.9. The van der Waals surface area contributed by atoms with E-state index in [0.29, 0.717) is 6.42 Å². The zero-order chi connectivity index (χ0) is 12.8. The van der Waals surface area contributed by atoms with Crippen molar-refractivity contribution < 1.29 is 0 Å². The average molecular weight is 243 g/mol. The van der Waals surface area contributed by atoms with Crippen LogP contribution >= 0.6 is 0 Å². The number of hydrogen-bond acceptors (Lipinski definition) is 3. The van der Waals surface area contributed by atoms with E-state index in [1.807, 2.05) is 0 Å². The summed E-state index contributed by atoms with van der Waals surface area (Å²) in [5, 5.41) is 8.54. The Hall–Kier alpha value is -1.53. The fourth-order valence-electron chi connectivity index (χ4n) is 2.44. The Bertz CT molecular complexity index is 414. The van der Waals surface area contributed by atoms with Crippen LogP contribution in [0.25, 0.3) is 0 Å². The molecule has 0 radical (unpaired) electrons. The van der Waals surface area contributed by atoms with Gasteiger partial charge in [0.25, 0.3) is 0 Å². The molecule has 0 amide bonds. The minimum absolute atomic E-state index is 0.679. The van der Waals surface area contributed by atoms with Crippen molar-refractivity contribution in [2.75, 3.05) is 37.6 Å². The third kappa shape index (κ3) is 3.48. The summed E-state index contributed by atoms with van der Waals surface area (Å²) in [4.78, 5) is 4.91. The summed E-state index contributed by atoms with van der Waals surface area (Å²) < 4.78 is 0. The normalized spacial score (nSPS) is 16.6. The first-order chi connectivity index (χ1) is 8.79. The molecule has 96 valence electrons. The van der Waals surface area contributed by atoms with Crippen LogP contribution in [0.15, 0.2) is 24.3 Å². The van der Waals surface area contributed by atoms with E-state index in [-0.39, 0.29) is 0 Å². The van der Waals surface area contributed by atoms with Gasteiger partial charge in [-0.05, 0) is 37.6 Å². The number of hydrogen-bond donors (Lipinski definition) is 0. The molecular weight excluding hydrogens is 222 g/mol. The summed E-state index contributed by atoms with van der Waals surface area (Å²) >= 11 is 0. The van der Waals surface area contributed by atoms with Crippen LogP contribution in [-0.2, 0) is 0 Å². The first-order valence-corrected chi connectivity index (χ1v) is 6.70. The number of unbranched alkanes of at least 4 members (excludes halogenated alkanes) is 1. The van der Waals surface area contributed by atoms with Gasteiger partial charge in [0, 0.05) is 38.3 Å². The standard InChI is InChI=1S/C15H21N3/c1-14-5-4-6-15(13-14)18-11-9-17(10-12-18)8-3-2-7-16/h4-6,13H,2-3,8-12H2,1H3. The zero-order valence-corrected chi connectivity index (χ0v) is 11.1. The van der Waals surface area contributed by atoms with Gasteiger partial charge in [0.2, 0.25) is 0 Å². The number of piperazine rings is 1. The van der Waals surface area contributed by atoms with Gasteiger partial charge in [0.1, 0.15) is 0 Å². The molecule has 1 fully saturated rings. The molecule has 3 heteroatoms. The van der Waals surface area contributed by atoms with Gasteiger partial charge in [0.05, 0.1) is 6.07 Å². The molecule has 1 aliphatic heterocycles. The lowest BCUT2D eigenvalue weighted by molar-refractivity contribution is 0.256. The summed E-state index contributed by atoms with van der Waals surface area (Å²) in [6.07, 6.45) is 1.68. The molecule has 18 heavy (non-hydrogen) atoms. The fraction of sp³-hybridized carbons (Fsp3) is 0.533. The van der Waals surface area contributed by atoms with E-state index in [1.54, 1.807) is 0 Å². The Labute approximate surface area is 110 Å². The number of benzene rings is 1. The number of nitriles is 1. The SMILES string of the molecule is Cc1cccc(N2CCN(CCCC#N)CC2)c1. The van der Waals surface area contributed by atoms with Crippen molar-refractivity contribution in [3.05, 3.63) is 29.8 Å². The fourth-order valence-corrected chi connectivity index (χ4v) is 2.44. The molecule has 0 spiro atoms. The number of aryl methyl sites for hydroxylation is 1. The van der Waals surface area contributed by atoms with Gasteiger partial charge in [0.15, 0.2) is 0 Å². The van der Waals surface area contributed by atoms with E-state index in [1.165, 1.54) is 11.3 Å². The van der Waals surface area contributed by atoms with E-state index >= 15 is 0 Å². The molecule has 0 aliphatic carbocycles. The highest BCUT2D eigenvalue weighted by Gasteiger charge is 2.16. The van der Waals surface area contributed by atoms with Crippen LogP contribution in [-0.4, -0.2) is 37.6 Å². The zero-order valence-electron chi connectivity index (χ0n) is 11.1. The quantitative estimate of drug-likeness (QED) is 0.761. The van der Waals surface area contributed by atoms with Crippen LogP contribution in [0.3, 0.4) is 0 Å². The van der Waals surface area contributed by atoms with E-state index in [2.05, 4.69) is 47.1 Å². The monoisotopic (exact) mass is 243 g/mol. The Morgan fingerprint density at radius 1 is 1.22 bits per heavy atom. The molecule has 3 nitrogen and oxygen atoms in total. The second kappa shape index (κ2) is 6.42. The maximum absolute atomic E-state index is 8.54. The number of anilines is 1. The van der Waals surface area contributed by atoms with Gasteiger partial charge in [-0.25, -0.2) is 0 Å². The molecule has 1 aliphatic rings.